The molecule has 9 heteroatoms. The Kier molecular flexibility index (Phi) is 6.39. The summed E-state index contributed by atoms with van der Waals surface area (Å²) in [5.74, 6) is 0.163. The van der Waals surface area contributed by atoms with Crippen LogP contribution in [0.1, 0.15) is 29.9 Å². The number of fused-ring (bicyclic) bond motifs is 2. The third-order valence-corrected chi connectivity index (χ3v) is 6.45. The highest BCUT2D eigenvalue weighted by atomic mass is 32.1. The molecule has 2 heterocycles. The number of anilines is 1. The molecular weight excluding hydrogens is 476 g/mol. The van der Waals surface area contributed by atoms with Crippen molar-refractivity contribution in [2.45, 2.75) is 20.4 Å². The lowest BCUT2D eigenvalue weighted by atomic mass is 10.0. The van der Waals surface area contributed by atoms with E-state index < -0.39 is 5.97 Å². The van der Waals surface area contributed by atoms with Crippen LogP contribution in [0.4, 0.5) is 5.69 Å². The number of hydrogen-bond donors (Lipinski definition) is 1. The average Bonchev–Trinajstić information content (AvgIpc) is 3.46. The molecule has 5 rings (SSSR count). The highest BCUT2D eigenvalue weighted by molar-refractivity contribution is 7.00. The van der Waals surface area contributed by atoms with Gasteiger partial charge in [-0.2, -0.15) is 8.75 Å². The molecule has 0 saturated carbocycles. The fraction of sp³-hybridized carbons (Fsp3) is 0.185. The molecule has 5 aromatic rings. The van der Waals surface area contributed by atoms with Crippen LogP contribution in [0.25, 0.3) is 33.1 Å². The number of esters is 1. The van der Waals surface area contributed by atoms with E-state index in [9.17, 15) is 9.59 Å². The Balaban J connectivity index is 1.78. The maximum atomic E-state index is 13.4. The highest BCUT2D eigenvalue weighted by Gasteiger charge is 2.26. The van der Waals surface area contributed by atoms with Crippen LogP contribution in [0, 0.1) is 0 Å². The van der Waals surface area contributed by atoms with Crippen LogP contribution >= 0.6 is 11.7 Å². The van der Waals surface area contributed by atoms with Crippen molar-refractivity contribution in [1.82, 2.24) is 13.3 Å². The normalized spacial score (nSPS) is 11.1. The van der Waals surface area contributed by atoms with Gasteiger partial charge in [-0.1, -0.05) is 18.2 Å². The van der Waals surface area contributed by atoms with Gasteiger partial charge in [0.1, 0.15) is 22.5 Å². The number of aromatic nitrogens is 3. The van der Waals surface area contributed by atoms with Gasteiger partial charge in [0.2, 0.25) is 5.91 Å². The van der Waals surface area contributed by atoms with Gasteiger partial charge in [-0.3, -0.25) is 4.79 Å². The van der Waals surface area contributed by atoms with Crippen LogP contribution in [-0.4, -0.2) is 38.9 Å². The average molecular weight is 501 g/mol. The van der Waals surface area contributed by atoms with Gasteiger partial charge >= 0.3 is 5.97 Å². The van der Waals surface area contributed by atoms with Crippen LogP contribution < -0.4 is 10.1 Å². The molecule has 2 aromatic heterocycles. The van der Waals surface area contributed by atoms with Crippen LogP contribution in [-0.2, 0) is 16.1 Å². The van der Waals surface area contributed by atoms with Gasteiger partial charge in [-0.25, -0.2) is 4.79 Å². The van der Waals surface area contributed by atoms with Crippen molar-refractivity contribution in [2.24, 2.45) is 0 Å². The summed E-state index contributed by atoms with van der Waals surface area (Å²) in [5.41, 5.74) is 6.00. The smallest absolute Gasteiger partial charge is 0.355 e. The number of ether oxygens (including phenoxy) is 2. The number of nitrogens with one attached hydrogen (secondary N) is 1. The van der Waals surface area contributed by atoms with Crippen molar-refractivity contribution < 1.29 is 19.1 Å². The third kappa shape index (κ3) is 4.40. The molecule has 0 fully saturated rings. The Morgan fingerprint density at radius 3 is 2.50 bits per heavy atom. The summed E-state index contributed by atoms with van der Waals surface area (Å²) in [7, 11) is 1.63. The lowest BCUT2D eigenvalue weighted by Crippen LogP contribution is -2.14. The first-order chi connectivity index (χ1) is 17.5. The monoisotopic (exact) mass is 500 g/mol. The minimum absolute atomic E-state index is 0.172. The Hall–Kier alpha value is -4.24. The van der Waals surface area contributed by atoms with Crippen LogP contribution in [0.3, 0.4) is 0 Å². The maximum Gasteiger partial charge on any atom is 0.355 e. The van der Waals surface area contributed by atoms with Crippen molar-refractivity contribution in [3.8, 4) is 16.9 Å². The summed E-state index contributed by atoms with van der Waals surface area (Å²) < 4.78 is 21.5. The van der Waals surface area contributed by atoms with Crippen LogP contribution in [0.2, 0.25) is 0 Å². The van der Waals surface area contributed by atoms with E-state index in [1.54, 1.807) is 14.0 Å². The Morgan fingerprint density at radius 2 is 1.78 bits per heavy atom. The fourth-order valence-electron chi connectivity index (χ4n) is 4.35. The molecule has 0 unspecified atom stereocenters. The Labute approximate surface area is 211 Å². The molecule has 0 atom stereocenters. The largest absolute Gasteiger partial charge is 0.497 e. The Morgan fingerprint density at radius 1 is 1.00 bits per heavy atom. The lowest BCUT2D eigenvalue weighted by molar-refractivity contribution is -0.114. The van der Waals surface area contributed by atoms with Gasteiger partial charge in [-0.15, -0.1) is 0 Å². The van der Waals surface area contributed by atoms with E-state index in [0.717, 1.165) is 56.1 Å². The third-order valence-electron chi connectivity index (χ3n) is 5.89. The molecule has 1 N–H and O–H groups in total. The zero-order valence-electron chi connectivity index (χ0n) is 20.1. The summed E-state index contributed by atoms with van der Waals surface area (Å²) >= 11 is 1.14. The van der Waals surface area contributed by atoms with Crippen molar-refractivity contribution in [2.75, 3.05) is 19.0 Å². The number of amides is 1. The SMILES string of the molecule is CCOC(=O)c1c(-c2ccc3nsnc3c2)c2cc(NC(C)=O)ccc2n1Cc1ccc(OC)cc1. The molecule has 0 saturated heterocycles. The first-order valence-electron chi connectivity index (χ1n) is 11.4. The van der Waals surface area contributed by atoms with Crippen molar-refractivity contribution >= 4 is 51.2 Å². The number of benzene rings is 3. The van der Waals surface area contributed by atoms with Gasteiger partial charge in [0, 0.05) is 35.6 Å². The second kappa shape index (κ2) is 9.79. The van der Waals surface area contributed by atoms with Gasteiger partial charge in [0.25, 0.3) is 0 Å². The minimum atomic E-state index is -0.421. The van der Waals surface area contributed by atoms with Gasteiger partial charge < -0.3 is 19.4 Å². The summed E-state index contributed by atoms with van der Waals surface area (Å²) in [6.07, 6.45) is 0. The van der Waals surface area contributed by atoms with E-state index in [-0.39, 0.29) is 12.5 Å². The zero-order valence-corrected chi connectivity index (χ0v) is 20.9. The molecule has 0 aliphatic heterocycles. The molecule has 0 aliphatic rings. The van der Waals surface area contributed by atoms with Gasteiger partial charge in [0.15, 0.2) is 0 Å². The van der Waals surface area contributed by atoms with E-state index in [1.165, 1.54) is 6.92 Å². The molecule has 8 nitrogen and oxygen atoms in total. The van der Waals surface area contributed by atoms with Crippen molar-refractivity contribution in [3.63, 3.8) is 0 Å². The van der Waals surface area contributed by atoms with E-state index in [2.05, 4.69) is 14.1 Å². The number of rotatable bonds is 7. The van der Waals surface area contributed by atoms with Crippen LogP contribution in [0.15, 0.2) is 60.7 Å². The summed E-state index contributed by atoms with van der Waals surface area (Å²) in [6, 6.07) is 19.1. The fourth-order valence-corrected chi connectivity index (χ4v) is 4.87. The second-order valence-corrected chi connectivity index (χ2v) is 8.79. The quantitative estimate of drug-likeness (QED) is 0.296. The summed E-state index contributed by atoms with van der Waals surface area (Å²) in [4.78, 5) is 25.2. The molecule has 0 radical (unpaired) electrons. The number of nitrogens with zero attached hydrogens (tertiary/aromatic N) is 3. The minimum Gasteiger partial charge on any atom is -0.497 e. The van der Waals surface area contributed by atoms with Gasteiger partial charge in [-0.05, 0) is 60.5 Å². The standard InChI is InChI=1S/C27H24N4O4S/c1-4-35-27(33)26-25(18-7-11-22-23(13-18)30-36-29-22)21-14-19(28-16(2)32)8-12-24(21)31(26)15-17-5-9-20(34-3)10-6-17/h5-14H,4,15H2,1-3H3,(H,28,32). The molecule has 1 amide bonds. The topological polar surface area (TPSA) is 95.3 Å². The van der Waals surface area contributed by atoms with E-state index in [0.29, 0.717) is 17.9 Å². The predicted molar refractivity (Wildman–Crippen MR) is 141 cm³/mol. The van der Waals surface area contributed by atoms with Crippen molar-refractivity contribution in [3.05, 3.63) is 71.9 Å². The maximum absolute atomic E-state index is 13.4. The van der Waals surface area contributed by atoms with E-state index >= 15 is 0 Å². The summed E-state index contributed by atoms with van der Waals surface area (Å²) in [6.45, 7) is 3.94. The molecule has 3 aromatic carbocycles. The van der Waals surface area contributed by atoms with E-state index in [1.807, 2.05) is 65.2 Å². The number of methoxy groups -OCH3 is 1. The molecule has 0 bridgehead atoms. The molecular formula is C27H24N4O4S. The second-order valence-electron chi connectivity index (χ2n) is 8.26. The zero-order chi connectivity index (χ0) is 25.2. The first kappa shape index (κ1) is 23.5. The number of hydrogen-bond acceptors (Lipinski definition) is 7. The first-order valence-corrected chi connectivity index (χ1v) is 12.2. The highest BCUT2D eigenvalue weighted by Crippen LogP contribution is 2.38. The van der Waals surface area contributed by atoms with Crippen molar-refractivity contribution in [1.29, 1.82) is 0 Å². The molecule has 0 aliphatic carbocycles. The number of carbonyl (C=O) groups is 2. The molecule has 36 heavy (non-hydrogen) atoms. The van der Waals surface area contributed by atoms with Crippen LogP contribution in [0.5, 0.6) is 5.75 Å². The summed E-state index contributed by atoms with van der Waals surface area (Å²) in [5, 5.41) is 3.67. The molecule has 182 valence electrons. The van der Waals surface area contributed by atoms with E-state index in [4.69, 9.17) is 9.47 Å². The molecule has 0 spiro atoms. The predicted octanol–water partition coefficient (Wildman–Crippen LogP) is 5.51. The Bertz CT molecular complexity index is 1590. The van der Waals surface area contributed by atoms with Gasteiger partial charge in [0.05, 0.1) is 25.4 Å². The number of carbonyl (C=O) groups excluding carboxylic acids is 2. The lowest BCUT2D eigenvalue weighted by Gasteiger charge is -2.12.